The number of nitrogens with one attached hydrogen (secondary N) is 1. The minimum Gasteiger partial charge on any atom is -0.493 e. The number of anilines is 1. The van der Waals surface area contributed by atoms with E-state index in [1.807, 2.05) is 61.5 Å². The molecule has 2 heterocycles. The molecule has 12 heteroatoms. The number of aromatic nitrogens is 5. The molecule has 0 aliphatic carbocycles. The lowest BCUT2D eigenvalue weighted by atomic mass is 10.2. The summed E-state index contributed by atoms with van der Waals surface area (Å²) in [4.78, 5) is 13.9. The number of nitrogen functional groups attached to an aromatic ring is 1. The van der Waals surface area contributed by atoms with Crippen molar-refractivity contribution >= 4 is 29.7 Å². The molecule has 0 saturated heterocycles. The molecule has 2 aromatic carbocycles. The van der Waals surface area contributed by atoms with E-state index in [1.54, 1.807) is 0 Å². The molecular weight excluding hydrogens is 444 g/mol. The molecule has 2 aromatic heterocycles. The molecule has 0 aliphatic rings. The minimum atomic E-state index is -0.537. The van der Waals surface area contributed by atoms with E-state index in [-0.39, 0.29) is 17.3 Å². The summed E-state index contributed by atoms with van der Waals surface area (Å²) in [6, 6.07) is 17.1. The average molecular weight is 465 g/mol. The molecule has 0 bridgehead atoms. The third kappa shape index (κ3) is 5.18. The summed E-state index contributed by atoms with van der Waals surface area (Å²) in [5.74, 6) is 0.675. The van der Waals surface area contributed by atoms with Crippen LogP contribution >= 0.6 is 11.8 Å². The van der Waals surface area contributed by atoms with E-state index in [2.05, 4.69) is 35.8 Å². The number of para-hydroxylation sites is 1. The van der Waals surface area contributed by atoms with Gasteiger partial charge < -0.3 is 10.5 Å². The van der Waals surface area contributed by atoms with E-state index in [0.29, 0.717) is 23.8 Å². The van der Waals surface area contributed by atoms with E-state index in [0.717, 1.165) is 10.5 Å². The molecule has 0 aliphatic heterocycles. The first-order valence-corrected chi connectivity index (χ1v) is 10.9. The van der Waals surface area contributed by atoms with Crippen LogP contribution < -0.4 is 15.9 Å². The Morgan fingerprint density at radius 1 is 1.21 bits per heavy atom. The topological polar surface area (TPSA) is 146 Å². The van der Waals surface area contributed by atoms with Gasteiger partial charge in [-0.3, -0.25) is 4.79 Å². The molecule has 0 fully saturated rings. The van der Waals surface area contributed by atoms with Crippen LogP contribution in [-0.2, 0) is 5.75 Å². The summed E-state index contributed by atoms with van der Waals surface area (Å²) in [5.41, 5.74) is 9.58. The Bertz CT molecular complexity index is 1260. The summed E-state index contributed by atoms with van der Waals surface area (Å²) < 4.78 is 11.6. The number of rotatable bonds is 9. The van der Waals surface area contributed by atoms with Gasteiger partial charge in [-0.25, -0.2) is 10.1 Å². The third-order valence-corrected chi connectivity index (χ3v) is 5.41. The van der Waals surface area contributed by atoms with E-state index >= 15 is 0 Å². The van der Waals surface area contributed by atoms with E-state index < -0.39 is 5.91 Å². The second kappa shape index (κ2) is 10.4. The molecule has 11 nitrogen and oxygen atoms in total. The molecule has 1 amide bonds. The zero-order chi connectivity index (χ0) is 23.0. The van der Waals surface area contributed by atoms with E-state index in [1.165, 1.54) is 22.7 Å². The lowest BCUT2D eigenvalue weighted by Gasteiger charge is -2.06. The zero-order valence-corrected chi connectivity index (χ0v) is 18.4. The fourth-order valence-electron chi connectivity index (χ4n) is 2.87. The number of hydrogen-bond donors (Lipinski definition) is 2. The summed E-state index contributed by atoms with van der Waals surface area (Å²) in [6.45, 7) is 2.41. The van der Waals surface area contributed by atoms with Crippen LogP contribution in [0.3, 0.4) is 0 Å². The molecule has 0 atom stereocenters. The quantitative estimate of drug-likeness (QED) is 0.217. The highest BCUT2D eigenvalue weighted by Crippen LogP contribution is 2.25. The van der Waals surface area contributed by atoms with Gasteiger partial charge in [0.1, 0.15) is 5.75 Å². The Hall–Kier alpha value is -4.19. The maximum absolute atomic E-state index is 12.9. The number of nitrogens with two attached hydrogens (primary N) is 1. The Kier molecular flexibility index (Phi) is 6.95. The van der Waals surface area contributed by atoms with Crippen LogP contribution in [0, 0.1) is 0 Å². The van der Waals surface area contributed by atoms with Gasteiger partial charge in [-0.15, -0.1) is 16.9 Å². The normalized spacial score (nSPS) is 11.1. The monoisotopic (exact) mass is 464 g/mol. The van der Waals surface area contributed by atoms with E-state index in [9.17, 15) is 4.79 Å². The van der Waals surface area contributed by atoms with Gasteiger partial charge in [0.2, 0.25) is 11.6 Å². The maximum atomic E-state index is 12.9. The first-order chi connectivity index (χ1) is 16.2. The number of amides is 1. The molecule has 0 spiro atoms. The van der Waals surface area contributed by atoms with Crippen molar-refractivity contribution in [2.45, 2.75) is 17.6 Å². The molecule has 0 saturated carbocycles. The van der Waals surface area contributed by atoms with Gasteiger partial charge >= 0.3 is 0 Å². The second-order valence-electron chi connectivity index (χ2n) is 6.54. The molecule has 4 rings (SSSR count). The van der Waals surface area contributed by atoms with Crippen molar-refractivity contribution in [1.82, 2.24) is 30.7 Å². The SMILES string of the molecule is CCOc1ccccc1C=NNC(=O)c1nnn(-c2nonc2N)c1CSc1ccccc1. The molecule has 0 unspecified atom stereocenters. The summed E-state index contributed by atoms with van der Waals surface area (Å²) >= 11 is 1.50. The fourth-order valence-corrected chi connectivity index (χ4v) is 3.78. The van der Waals surface area contributed by atoms with Gasteiger partial charge in [0, 0.05) is 16.2 Å². The average Bonchev–Trinajstić information content (AvgIpc) is 3.45. The van der Waals surface area contributed by atoms with Gasteiger partial charge in [0.15, 0.2) is 5.69 Å². The van der Waals surface area contributed by atoms with Crippen molar-refractivity contribution in [1.29, 1.82) is 0 Å². The van der Waals surface area contributed by atoms with Crippen molar-refractivity contribution in [2.24, 2.45) is 5.10 Å². The Morgan fingerprint density at radius 2 is 2.00 bits per heavy atom. The molecule has 168 valence electrons. The van der Waals surface area contributed by atoms with Gasteiger partial charge in [0.25, 0.3) is 5.91 Å². The number of carbonyl (C=O) groups excluding carboxylic acids is 1. The number of ether oxygens (including phenoxy) is 1. The van der Waals surface area contributed by atoms with Crippen LogP contribution in [0.4, 0.5) is 5.82 Å². The standard InChI is InChI=1S/C21H20N8O3S/c1-2-31-17-11-7-6-8-14(17)12-23-25-21(30)18-16(13-33-15-9-4-3-5-10-15)29(28-24-18)20-19(22)26-32-27-20/h3-12H,2,13H2,1H3,(H2,22,26)(H,25,30). The van der Waals surface area contributed by atoms with Crippen molar-refractivity contribution in [3.05, 3.63) is 71.5 Å². The number of carbonyl (C=O) groups is 1. The largest absolute Gasteiger partial charge is 0.493 e. The number of nitrogens with zero attached hydrogens (tertiary/aromatic N) is 6. The molecular formula is C21H20N8O3S. The predicted molar refractivity (Wildman–Crippen MR) is 122 cm³/mol. The zero-order valence-electron chi connectivity index (χ0n) is 17.6. The van der Waals surface area contributed by atoms with Crippen LogP contribution in [0.2, 0.25) is 0 Å². The highest BCUT2D eigenvalue weighted by molar-refractivity contribution is 7.98. The molecule has 4 aromatic rings. The Morgan fingerprint density at radius 3 is 2.76 bits per heavy atom. The molecule has 3 N–H and O–H groups in total. The first-order valence-electron chi connectivity index (χ1n) is 9.93. The Balaban J connectivity index is 1.57. The smallest absolute Gasteiger partial charge is 0.293 e. The number of thioether (sulfide) groups is 1. The first kappa shape index (κ1) is 22.0. The van der Waals surface area contributed by atoms with Crippen LogP contribution in [0.5, 0.6) is 5.75 Å². The Labute approximate surface area is 193 Å². The fraction of sp³-hybridized carbons (Fsp3) is 0.143. The van der Waals surface area contributed by atoms with Crippen molar-refractivity contribution in [3.8, 4) is 11.6 Å². The van der Waals surface area contributed by atoms with Crippen molar-refractivity contribution < 1.29 is 14.2 Å². The van der Waals surface area contributed by atoms with E-state index in [4.69, 9.17) is 10.5 Å². The summed E-state index contributed by atoms with van der Waals surface area (Å²) in [5, 5.41) is 19.4. The highest BCUT2D eigenvalue weighted by atomic mass is 32.2. The minimum absolute atomic E-state index is 0.0309. The highest BCUT2D eigenvalue weighted by Gasteiger charge is 2.24. The van der Waals surface area contributed by atoms with Crippen LogP contribution in [-0.4, -0.2) is 44.0 Å². The van der Waals surface area contributed by atoms with Gasteiger partial charge in [-0.2, -0.15) is 9.78 Å². The van der Waals surface area contributed by atoms with Gasteiger partial charge in [-0.05, 0) is 41.5 Å². The predicted octanol–water partition coefficient (Wildman–Crippen LogP) is 2.69. The van der Waals surface area contributed by atoms with Crippen LogP contribution in [0.1, 0.15) is 28.7 Å². The number of benzene rings is 2. The van der Waals surface area contributed by atoms with Crippen LogP contribution in [0.25, 0.3) is 5.82 Å². The van der Waals surface area contributed by atoms with Gasteiger partial charge in [-0.1, -0.05) is 35.5 Å². The van der Waals surface area contributed by atoms with Crippen molar-refractivity contribution in [2.75, 3.05) is 12.3 Å². The lowest BCUT2D eigenvalue weighted by Crippen LogP contribution is -2.20. The number of hydrogen-bond acceptors (Lipinski definition) is 10. The number of hydrazone groups is 1. The van der Waals surface area contributed by atoms with Gasteiger partial charge in [0.05, 0.1) is 18.5 Å². The summed E-state index contributed by atoms with van der Waals surface area (Å²) in [7, 11) is 0. The summed E-state index contributed by atoms with van der Waals surface area (Å²) in [6.07, 6.45) is 1.51. The van der Waals surface area contributed by atoms with Crippen molar-refractivity contribution in [3.63, 3.8) is 0 Å². The van der Waals surface area contributed by atoms with Crippen LogP contribution in [0.15, 0.2) is 69.2 Å². The third-order valence-electron chi connectivity index (χ3n) is 4.38. The lowest BCUT2D eigenvalue weighted by molar-refractivity contribution is 0.0949. The molecule has 33 heavy (non-hydrogen) atoms. The second-order valence-corrected chi connectivity index (χ2v) is 7.59. The molecule has 0 radical (unpaired) electrons. The maximum Gasteiger partial charge on any atom is 0.293 e.